The zero-order valence-corrected chi connectivity index (χ0v) is 16.1. The fraction of sp³-hybridized carbons (Fsp3) is 0.115. The van der Waals surface area contributed by atoms with Gasteiger partial charge >= 0.3 is 0 Å². The van der Waals surface area contributed by atoms with Gasteiger partial charge in [-0.3, -0.25) is 4.79 Å². The summed E-state index contributed by atoms with van der Waals surface area (Å²) in [5.74, 6) is 0.109. The van der Waals surface area contributed by atoms with Crippen LogP contribution in [0.4, 0.5) is 0 Å². The van der Waals surface area contributed by atoms with E-state index in [1.165, 1.54) is 5.56 Å². The topological polar surface area (TPSA) is 44.9 Å². The van der Waals surface area contributed by atoms with E-state index >= 15 is 0 Å². The second-order valence-corrected chi connectivity index (χ2v) is 7.51. The molecular weight excluding hydrogens is 356 g/mol. The molecule has 1 aliphatic heterocycles. The van der Waals surface area contributed by atoms with Crippen LogP contribution in [0.3, 0.4) is 0 Å². The molecule has 0 fully saturated rings. The molecule has 3 aromatic carbocycles. The predicted molar refractivity (Wildman–Crippen MR) is 118 cm³/mol. The van der Waals surface area contributed by atoms with Crippen molar-refractivity contribution in [1.29, 1.82) is 0 Å². The molecule has 1 aromatic heterocycles. The quantitative estimate of drug-likeness (QED) is 0.426. The predicted octanol–water partition coefficient (Wildman–Crippen LogP) is 6.03. The number of nitrogens with one attached hydrogen (secondary N) is 2. The highest BCUT2D eigenvalue weighted by molar-refractivity contribution is 6.10. The summed E-state index contributed by atoms with van der Waals surface area (Å²) in [6.07, 6.45) is 3.55. The molecule has 0 radical (unpaired) electrons. The van der Waals surface area contributed by atoms with E-state index in [-0.39, 0.29) is 11.8 Å². The molecule has 0 spiro atoms. The second kappa shape index (κ2) is 7.44. The number of hydrogen-bond acceptors (Lipinski definition) is 2. The number of H-pyrrole nitrogens is 1. The summed E-state index contributed by atoms with van der Waals surface area (Å²) in [5.41, 5.74) is 5.03. The van der Waals surface area contributed by atoms with Crippen LogP contribution in [0.25, 0.3) is 22.0 Å². The third kappa shape index (κ3) is 3.47. The number of Topliss-reactive ketones (excluding diaryl/α,β-unsaturated/α-hetero) is 1. The summed E-state index contributed by atoms with van der Waals surface area (Å²) in [4.78, 5) is 16.5. The van der Waals surface area contributed by atoms with Crippen molar-refractivity contribution in [2.75, 3.05) is 0 Å². The maximum Gasteiger partial charge on any atom is 0.190 e. The van der Waals surface area contributed by atoms with Gasteiger partial charge in [-0.05, 0) is 47.4 Å². The van der Waals surface area contributed by atoms with Crippen molar-refractivity contribution in [1.82, 2.24) is 10.3 Å². The molecule has 1 unspecified atom stereocenters. The fourth-order valence-electron chi connectivity index (χ4n) is 4.00. The Balaban J connectivity index is 1.32. The number of aromatic nitrogens is 1. The summed E-state index contributed by atoms with van der Waals surface area (Å²) in [7, 11) is 0. The molecule has 3 heteroatoms. The lowest BCUT2D eigenvalue weighted by Crippen LogP contribution is -2.23. The van der Waals surface area contributed by atoms with E-state index in [0.29, 0.717) is 0 Å². The lowest BCUT2D eigenvalue weighted by Gasteiger charge is -2.23. The Hall–Kier alpha value is -3.59. The van der Waals surface area contributed by atoms with Crippen LogP contribution in [0.5, 0.6) is 0 Å². The van der Waals surface area contributed by atoms with Crippen LogP contribution >= 0.6 is 0 Å². The first-order valence-electron chi connectivity index (χ1n) is 10.0. The number of rotatable bonds is 4. The SMILES string of the molecule is O=C(C1=CNC(c2ccc(-c3ccccc3)[nH]2)CC1)c1ccc2ccccc2c1. The van der Waals surface area contributed by atoms with Gasteiger partial charge in [0.25, 0.3) is 0 Å². The number of aromatic amines is 1. The van der Waals surface area contributed by atoms with Crippen LogP contribution in [-0.2, 0) is 0 Å². The molecule has 0 bridgehead atoms. The summed E-state index contributed by atoms with van der Waals surface area (Å²) in [5, 5.41) is 5.68. The molecule has 3 nitrogen and oxygen atoms in total. The molecule has 0 aliphatic carbocycles. The highest BCUT2D eigenvalue weighted by Crippen LogP contribution is 2.29. The van der Waals surface area contributed by atoms with Crippen LogP contribution in [0.2, 0.25) is 0 Å². The third-order valence-electron chi connectivity index (χ3n) is 5.63. The zero-order valence-electron chi connectivity index (χ0n) is 16.1. The Kier molecular flexibility index (Phi) is 4.49. The highest BCUT2D eigenvalue weighted by Gasteiger charge is 2.21. The Morgan fingerprint density at radius 1 is 0.828 bits per heavy atom. The van der Waals surface area contributed by atoms with Crippen molar-refractivity contribution >= 4 is 16.6 Å². The van der Waals surface area contributed by atoms with Gasteiger partial charge in [-0.25, -0.2) is 0 Å². The average molecular weight is 378 g/mol. The normalized spacial score (nSPS) is 16.3. The first-order chi connectivity index (χ1) is 14.3. The van der Waals surface area contributed by atoms with Gasteiger partial charge in [-0.2, -0.15) is 0 Å². The van der Waals surface area contributed by atoms with Crippen molar-refractivity contribution in [2.24, 2.45) is 0 Å². The lowest BCUT2D eigenvalue weighted by atomic mass is 9.93. The molecule has 5 rings (SSSR count). The average Bonchev–Trinajstić information content (AvgIpc) is 3.29. The maximum atomic E-state index is 13.0. The van der Waals surface area contributed by atoms with E-state index < -0.39 is 0 Å². The van der Waals surface area contributed by atoms with Crippen LogP contribution in [0.1, 0.15) is 34.9 Å². The van der Waals surface area contributed by atoms with Crippen molar-refractivity contribution in [2.45, 2.75) is 18.9 Å². The molecule has 0 saturated carbocycles. The van der Waals surface area contributed by atoms with Crippen molar-refractivity contribution in [3.63, 3.8) is 0 Å². The molecular formula is C26H22N2O. The Labute approximate surface area is 170 Å². The van der Waals surface area contributed by atoms with E-state index in [9.17, 15) is 4.79 Å². The van der Waals surface area contributed by atoms with Crippen LogP contribution in [0.15, 0.2) is 96.7 Å². The minimum Gasteiger partial charge on any atom is -0.382 e. The maximum absolute atomic E-state index is 13.0. The minimum atomic E-state index is 0.109. The molecule has 2 N–H and O–H groups in total. The van der Waals surface area contributed by atoms with Gasteiger partial charge < -0.3 is 10.3 Å². The Morgan fingerprint density at radius 3 is 2.41 bits per heavy atom. The second-order valence-electron chi connectivity index (χ2n) is 7.51. The van der Waals surface area contributed by atoms with Crippen LogP contribution in [-0.4, -0.2) is 10.8 Å². The summed E-state index contributed by atoms with van der Waals surface area (Å²) >= 11 is 0. The number of benzene rings is 3. The van der Waals surface area contributed by atoms with Crippen LogP contribution in [0, 0.1) is 0 Å². The van der Waals surface area contributed by atoms with E-state index in [1.807, 2.05) is 60.8 Å². The monoisotopic (exact) mass is 378 g/mol. The summed E-state index contributed by atoms with van der Waals surface area (Å²) < 4.78 is 0. The number of carbonyl (C=O) groups is 1. The van der Waals surface area contributed by atoms with Gasteiger partial charge in [0.2, 0.25) is 0 Å². The van der Waals surface area contributed by atoms with Gasteiger partial charge in [0.05, 0.1) is 6.04 Å². The number of allylic oxidation sites excluding steroid dienone is 1. The van der Waals surface area contributed by atoms with E-state index in [2.05, 4.69) is 40.6 Å². The van der Waals surface area contributed by atoms with Gasteiger partial charge in [-0.1, -0.05) is 66.7 Å². The number of ketones is 1. The minimum absolute atomic E-state index is 0.109. The largest absolute Gasteiger partial charge is 0.382 e. The molecule has 0 saturated heterocycles. The van der Waals surface area contributed by atoms with Gasteiger partial charge in [0, 0.05) is 28.7 Å². The van der Waals surface area contributed by atoms with Crippen molar-refractivity contribution in [3.05, 3.63) is 108 Å². The molecule has 2 heterocycles. The molecule has 1 atom stereocenters. The van der Waals surface area contributed by atoms with Gasteiger partial charge in [0.15, 0.2) is 5.78 Å². The van der Waals surface area contributed by atoms with Crippen molar-refractivity contribution in [3.8, 4) is 11.3 Å². The van der Waals surface area contributed by atoms with E-state index in [4.69, 9.17) is 0 Å². The lowest BCUT2D eigenvalue weighted by molar-refractivity contribution is 0.102. The number of carbonyl (C=O) groups excluding carboxylic acids is 1. The Morgan fingerprint density at radius 2 is 1.62 bits per heavy atom. The first kappa shape index (κ1) is 17.5. The summed E-state index contributed by atoms with van der Waals surface area (Å²) in [6.45, 7) is 0. The van der Waals surface area contributed by atoms with E-state index in [1.54, 1.807) is 0 Å². The van der Waals surface area contributed by atoms with Crippen LogP contribution < -0.4 is 5.32 Å². The highest BCUT2D eigenvalue weighted by atomic mass is 16.1. The first-order valence-corrected chi connectivity index (χ1v) is 10.0. The van der Waals surface area contributed by atoms with E-state index in [0.717, 1.165) is 46.1 Å². The standard InChI is InChI=1S/C26H22N2O/c29-26(21-11-10-18-6-4-5-9-20(18)16-21)22-12-13-24(27-17-22)25-15-14-23(28-25)19-7-2-1-3-8-19/h1-11,14-17,24,27-28H,12-13H2. The molecule has 1 aliphatic rings. The summed E-state index contributed by atoms with van der Waals surface area (Å²) in [6, 6.07) is 28.8. The molecule has 4 aromatic rings. The number of hydrogen-bond donors (Lipinski definition) is 2. The molecule has 29 heavy (non-hydrogen) atoms. The Bertz CT molecular complexity index is 1200. The van der Waals surface area contributed by atoms with Gasteiger partial charge in [-0.15, -0.1) is 0 Å². The molecule has 142 valence electrons. The third-order valence-corrected chi connectivity index (χ3v) is 5.63. The molecule has 0 amide bonds. The number of fused-ring (bicyclic) bond motifs is 1. The fourth-order valence-corrected chi connectivity index (χ4v) is 4.00. The van der Waals surface area contributed by atoms with Crippen molar-refractivity contribution < 1.29 is 4.79 Å². The van der Waals surface area contributed by atoms with Gasteiger partial charge in [0.1, 0.15) is 0 Å². The smallest absolute Gasteiger partial charge is 0.190 e. The zero-order chi connectivity index (χ0) is 19.6.